The van der Waals surface area contributed by atoms with Crippen molar-refractivity contribution in [3.63, 3.8) is 0 Å². The number of nitrogens with one attached hydrogen (secondary N) is 2. The molecule has 38 heavy (non-hydrogen) atoms. The first kappa shape index (κ1) is 25.9. The van der Waals surface area contributed by atoms with Gasteiger partial charge in [0.2, 0.25) is 5.91 Å². The number of halogens is 3. The van der Waals surface area contributed by atoms with Crippen LogP contribution in [0.4, 0.5) is 38.9 Å². The van der Waals surface area contributed by atoms with E-state index >= 15 is 0 Å². The summed E-state index contributed by atoms with van der Waals surface area (Å²) in [5.74, 6) is -1.54. The largest absolute Gasteiger partial charge is 0.447 e. The fourth-order valence-corrected chi connectivity index (χ4v) is 5.30. The molecule has 3 saturated heterocycles. The van der Waals surface area contributed by atoms with Crippen molar-refractivity contribution in [1.29, 1.82) is 0 Å². The maximum absolute atomic E-state index is 13.6. The zero-order valence-electron chi connectivity index (χ0n) is 19.9. The number of imide groups is 1. The van der Waals surface area contributed by atoms with Crippen LogP contribution in [0.25, 0.3) is 0 Å². The summed E-state index contributed by atoms with van der Waals surface area (Å²) in [4.78, 5) is 54.4. The third kappa shape index (κ3) is 4.76. The molecule has 2 aromatic carbocycles. The molecule has 0 aromatic heterocycles. The Morgan fingerprint density at radius 3 is 2.29 bits per heavy atom. The fraction of sp³-hybridized carbons (Fsp3) is 0.333. The number of benzene rings is 2. The van der Waals surface area contributed by atoms with E-state index in [1.807, 2.05) is 0 Å². The molecular formula is C24H22F3N5O5S. The summed E-state index contributed by atoms with van der Waals surface area (Å²) in [5.41, 5.74) is 0.205. The van der Waals surface area contributed by atoms with Crippen molar-refractivity contribution in [3.05, 3.63) is 59.2 Å². The van der Waals surface area contributed by atoms with Crippen molar-refractivity contribution in [2.75, 3.05) is 29.5 Å². The minimum atomic E-state index is -4.59. The van der Waals surface area contributed by atoms with Crippen LogP contribution in [0.15, 0.2) is 42.5 Å². The zero-order valence-corrected chi connectivity index (χ0v) is 20.8. The molecule has 3 heterocycles. The van der Waals surface area contributed by atoms with Crippen LogP contribution < -0.4 is 19.8 Å². The van der Waals surface area contributed by atoms with Crippen molar-refractivity contribution >= 4 is 46.6 Å². The van der Waals surface area contributed by atoms with Crippen LogP contribution in [0.2, 0.25) is 0 Å². The summed E-state index contributed by atoms with van der Waals surface area (Å²) in [6.45, 7) is 1.47. The van der Waals surface area contributed by atoms with Crippen LogP contribution in [0, 0.1) is 12.8 Å². The van der Waals surface area contributed by atoms with Gasteiger partial charge in [-0.05, 0) is 48.4 Å². The number of carbonyl (C=O) groups excluding carboxylic acids is 4. The molecule has 5 rings (SSSR count). The molecular weight excluding hydrogens is 527 g/mol. The lowest BCUT2D eigenvalue weighted by atomic mass is 9.98. The van der Waals surface area contributed by atoms with E-state index in [2.05, 4.69) is 10.0 Å². The second-order valence-electron chi connectivity index (χ2n) is 8.92. The standard InChI is InChI=1S/C24H22F3N5O5S/c1-13-14(3-2-4-18(13)24(25,26)27)11-32-20(33)17(19-28-21(34)38-29-19)12-31(22(32)35)16-7-5-15(6-8-16)30-9-10-37-23(30)36/h2-8,17,19,29H,9-12H2,1H3,(H,28,34). The van der Waals surface area contributed by atoms with Crippen LogP contribution in [0.3, 0.4) is 0 Å². The van der Waals surface area contributed by atoms with Crippen molar-refractivity contribution in [1.82, 2.24) is 14.9 Å². The van der Waals surface area contributed by atoms with E-state index in [9.17, 15) is 32.3 Å². The molecule has 0 spiro atoms. The highest BCUT2D eigenvalue weighted by Gasteiger charge is 2.46. The average molecular weight is 550 g/mol. The van der Waals surface area contributed by atoms with E-state index in [1.165, 1.54) is 28.9 Å². The van der Waals surface area contributed by atoms with E-state index < -0.39 is 47.1 Å². The van der Waals surface area contributed by atoms with E-state index in [0.717, 1.165) is 22.9 Å². The van der Waals surface area contributed by atoms with Crippen LogP contribution in [-0.4, -0.2) is 54.0 Å². The minimum Gasteiger partial charge on any atom is -0.447 e. The van der Waals surface area contributed by atoms with Crippen LogP contribution in [0.5, 0.6) is 0 Å². The molecule has 200 valence electrons. The summed E-state index contributed by atoms with van der Waals surface area (Å²) in [6, 6.07) is 9.38. The summed E-state index contributed by atoms with van der Waals surface area (Å²) in [7, 11) is 0. The number of hydrogen-bond acceptors (Lipinski definition) is 7. The lowest BCUT2D eigenvalue weighted by Crippen LogP contribution is -2.62. The third-order valence-electron chi connectivity index (χ3n) is 6.69. The number of rotatable bonds is 5. The molecule has 0 radical (unpaired) electrons. The molecule has 14 heteroatoms. The monoisotopic (exact) mass is 549 g/mol. The van der Waals surface area contributed by atoms with Crippen LogP contribution >= 0.6 is 11.9 Å². The quantitative estimate of drug-likeness (QED) is 0.546. The Morgan fingerprint density at radius 1 is 1.03 bits per heavy atom. The molecule has 3 fully saturated rings. The average Bonchev–Trinajstić information content (AvgIpc) is 3.50. The second kappa shape index (κ2) is 9.83. The number of nitrogens with zero attached hydrogens (tertiary/aromatic N) is 3. The molecule has 2 atom stereocenters. The number of hydrogen-bond donors (Lipinski definition) is 2. The molecule has 0 bridgehead atoms. The Labute approximate surface area is 219 Å². The Hall–Kier alpha value is -3.78. The van der Waals surface area contributed by atoms with Gasteiger partial charge in [-0.2, -0.15) is 13.2 Å². The fourth-order valence-electron chi connectivity index (χ4n) is 4.66. The number of cyclic esters (lactones) is 1. The highest BCUT2D eigenvalue weighted by molar-refractivity contribution is 8.12. The highest BCUT2D eigenvalue weighted by atomic mass is 32.2. The van der Waals surface area contributed by atoms with Crippen molar-refractivity contribution in [2.24, 2.45) is 5.92 Å². The maximum Gasteiger partial charge on any atom is 0.416 e. The highest BCUT2D eigenvalue weighted by Crippen LogP contribution is 2.35. The predicted octanol–water partition coefficient (Wildman–Crippen LogP) is 3.84. The molecule has 2 N–H and O–H groups in total. The molecule has 5 amide bonds. The van der Waals surface area contributed by atoms with Gasteiger partial charge in [-0.25, -0.2) is 14.3 Å². The smallest absolute Gasteiger partial charge is 0.416 e. The molecule has 2 aromatic rings. The van der Waals surface area contributed by atoms with Gasteiger partial charge in [-0.15, -0.1) is 0 Å². The Morgan fingerprint density at radius 2 is 1.71 bits per heavy atom. The third-order valence-corrected chi connectivity index (χ3v) is 7.37. The molecule has 10 nitrogen and oxygen atoms in total. The Bertz CT molecular complexity index is 1310. The van der Waals surface area contributed by atoms with E-state index in [4.69, 9.17) is 4.74 Å². The number of urea groups is 1. The first-order valence-electron chi connectivity index (χ1n) is 11.6. The number of anilines is 2. The molecule has 0 saturated carbocycles. The number of ether oxygens (including phenoxy) is 1. The molecule has 0 aliphatic carbocycles. The van der Waals surface area contributed by atoms with Gasteiger partial charge in [0, 0.05) is 29.9 Å². The Balaban J connectivity index is 1.47. The van der Waals surface area contributed by atoms with Gasteiger partial charge < -0.3 is 10.1 Å². The zero-order chi connectivity index (χ0) is 27.2. The van der Waals surface area contributed by atoms with E-state index in [1.54, 1.807) is 24.3 Å². The first-order valence-corrected chi connectivity index (χ1v) is 12.4. The number of amides is 5. The lowest BCUT2D eigenvalue weighted by molar-refractivity contribution is -0.138. The number of alkyl halides is 3. The lowest BCUT2D eigenvalue weighted by Gasteiger charge is -2.40. The molecule has 3 aliphatic heterocycles. The normalized spacial score (nSPS) is 22.3. The summed E-state index contributed by atoms with van der Waals surface area (Å²) in [5, 5.41) is 2.24. The summed E-state index contributed by atoms with van der Waals surface area (Å²) in [6.07, 6.45) is -5.87. The van der Waals surface area contributed by atoms with Gasteiger partial charge in [0.1, 0.15) is 12.8 Å². The summed E-state index contributed by atoms with van der Waals surface area (Å²) >= 11 is 0.779. The van der Waals surface area contributed by atoms with Crippen LogP contribution in [0.1, 0.15) is 16.7 Å². The maximum atomic E-state index is 13.6. The first-order chi connectivity index (χ1) is 18.0. The van der Waals surface area contributed by atoms with Gasteiger partial charge >= 0.3 is 18.3 Å². The second-order valence-corrected chi connectivity index (χ2v) is 9.73. The van der Waals surface area contributed by atoms with E-state index in [-0.39, 0.29) is 30.8 Å². The van der Waals surface area contributed by atoms with Crippen LogP contribution in [-0.2, 0) is 22.3 Å². The van der Waals surface area contributed by atoms with Gasteiger partial charge in [0.05, 0.1) is 24.6 Å². The van der Waals surface area contributed by atoms with Crippen molar-refractivity contribution in [3.8, 4) is 0 Å². The van der Waals surface area contributed by atoms with Crippen molar-refractivity contribution in [2.45, 2.75) is 25.8 Å². The SMILES string of the molecule is Cc1c(CN2C(=O)C(C3NSC(=O)N3)CN(c3ccc(N4CCOC4=O)cc3)C2=O)cccc1C(F)(F)F. The molecule has 2 unspecified atom stereocenters. The minimum absolute atomic E-state index is 0.0840. The summed E-state index contributed by atoms with van der Waals surface area (Å²) < 4.78 is 48.2. The predicted molar refractivity (Wildman–Crippen MR) is 131 cm³/mol. The molecule has 3 aliphatic rings. The topological polar surface area (TPSA) is 111 Å². The van der Waals surface area contributed by atoms with Crippen molar-refractivity contribution < 1.29 is 37.1 Å². The van der Waals surface area contributed by atoms with Gasteiger partial charge in [-0.3, -0.25) is 24.3 Å². The van der Waals surface area contributed by atoms with Gasteiger partial charge in [0.25, 0.3) is 5.24 Å². The van der Waals surface area contributed by atoms with Gasteiger partial charge in [0.15, 0.2) is 0 Å². The van der Waals surface area contributed by atoms with E-state index in [0.29, 0.717) is 17.9 Å². The van der Waals surface area contributed by atoms with Gasteiger partial charge in [-0.1, -0.05) is 12.1 Å². The Kier molecular flexibility index (Phi) is 6.69. The number of carbonyl (C=O) groups is 4.